The van der Waals surface area contributed by atoms with E-state index in [2.05, 4.69) is 39.2 Å². The largest absolute Gasteiger partial charge is 0.486 e. The number of hydrogen-bond acceptors (Lipinski definition) is 4. The van der Waals surface area contributed by atoms with Crippen molar-refractivity contribution in [1.29, 1.82) is 0 Å². The van der Waals surface area contributed by atoms with Gasteiger partial charge in [-0.3, -0.25) is 9.98 Å². The van der Waals surface area contributed by atoms with E-state index in [1.165, 1.54) is 5.56 Å². The first kappa shape index (κ1) is 17.1. The first-order valence-corrected chi connectivity index (χ1v) is 8.38. The van der Waals surface area contributed by atoms with Crippen molar-refractivity contribution in [2.75, 3.05) is 27.3 Å². The molecule has 3 rings (SSSR count). The van der Waals surface area contributed by atoms with E-state index in [9.17, 15) is 0 Å². The molecule has 25 heavy (non-hydrogen) atoms. The number of ether oxygens (including phenoxy) is 2. The lowest BCUT2D eigenvalue weighted by Crippen LogP contribution is -2.38. The third-order valence-corrected chi connectivity index (χ3v) is 4.13. The summed E-state index contributed by atoms with van der Waals surface area (Å²) in [5, 5.41) is 3.37. The SMILES string of the molecule is CN=C(NCc1ncccc1C)N(C)Cc1ccc2c(c1)OCCO2. The van der Waals surface area contributed by atoms with Crippen LogP contribution in [0.5, 0.6) is 11.5 Å². The Morgan fingerprint density at radius 2 is 2.04 bits per heavy atom. The second-order valence-corrected chi connectivity index (χ2v) is 6.00. The smallest absolute Gasteiger partial charge is 0.194 e. The molecule has 2 heterocycles. The van der Waals surface area contributed by atoms with Gasteiger partial charge < -0.3 is 19.7 Å². The predicted molar refractivity (Wildman–Crippen MR) is 98.1 cm³/mol. The fourth-order valence-corrected chi connectivity index (χ4v) is 2.79. The van der Waals surface area contributed by atoms with E-state index in [0.717, 1.165) is 35.3 Å². The van der Waals surface area contributed by atoms with Crippen LogP contribution in [-0.4, -0.2) is 43.2 Å². The standard InChI is InChI=1S/C19H24N4O2/c1-14-5-4-8-21-16(14)12-22-19(20-2)23(3)13-15-6-7-17-18(11-15)25-10-9-24-17/h4-8,11H,9-10,12-13H2,1-3H3,(H,20,22). The Kier molecular flexibility index (Phi) is 5.38. The maximum atomic E-state index is 5.65. The summed E-state index contributed by atoms with van der Waals surface area (Å²) >= 11 is 0. The van der Waals surface area contributed by atoms with Crippen LogP contribution in [0.2, 0.25) is 0 Å². The van der Waals surface area contributed by atoms with E-state index in [1.54, 1.807) is 7.05 Å². The summed E-state index contributed by atoms with van der Waals surface area (Å²) in [5.74, 6) is 2.44. The molecule has 0 spiro atoms. The van der Waals surface area contributed by atoms with Gasteiger partial charge in [-0.05, 0) is 36.2 Å². The molecular weight excluding hydrogens is 316 g/mol. The number of guanidine groups is 1. The van der Waals surface area contributed by atoms with Gasteiger partial charge in [0.1, 0.15) is 13.2 Å². The number of hydrogen-bond donors (Lipinski definition) is 1. The zero-order valence-electron chi connectivity index (χ0n) is 15.0. The fourth-order valence-electron chi connectivity index (χ4n) is 2.79. The summed E-state index contributed by atoms with van der Waals surface area (Å²) in [7, 11) is 3.80. The topological polar surface area (TPSA) is 59.0 Å². The zero-order valence-corrected chi connectivity index (χ0v) is 15.0. The maximum absolute atomic E-state index is 5.65. The van der Waals surface area contributed by atoms with Gasteiger partial charge in [0.25, 0.3) is 0 Å². The van der Waals surface area contributed by atoms with Gasteiger partial charge in [0.2, 0.25) is 0 Å². The molecule has 1 aromatic carbocycles. The van der Waals surface area contributed by atoms with Crippen LogP contribution in [0.3, 0.4) is 0 Å². The number of aryl methyl sites for hydroxylation is 1. The summed E-state index contributed by atoms with van der Waals surface area (Å²) in [4.78, 5) is 10.8. The quantitative estimate of drug-likeness (QED) is 0.684. The van der Waals surface area contributed by atoms with E-state index in [0.29, 0.717) is 19.8 Å². The van der Waals surface area contributed by atoms with Crippen molar-refractivity contribution in [3.8, 4) is 11.5 Å². The van der Waals surface area contributed by atoms with Crippen LogP contribution < -0.4 is 14.8 Å². The molecule has 0 saturated carbocycles. The monoisotopic (exact) mass is 340 g/mol. The molecular formula is C19H24N4O2. The number of aliphatic imine (C=N–C) groups is 1. The van der Waals surface area contributed by atoms with E-state index < -0.39 is 0 Å². The van der Waals surface area contributed by atoms with E-state index in [1.807, 2.05) is 31.4 Å². The number of benzene rings is 1. The molecule has 0 fully saturated rings. The first-order valence-electron chi connectivity index (χ1n) is 8.38. The summed E-state index contributed by atoms with van der Waals surface area (Å²) in [6.45, 7) is 4.63. The fraction of sp³-hybridized carbons (Fsp3) is 0.368. The average molecular weight is 340 g/mol. The molecule has 0 saturated heterocycles. The Morgan fingerprint density at radius 1 is 1.24 bits per heavy atom. The molecule has 2 aromatic rings. The second-order valence-electron chi connectivity index (χ2n) is 6.00. The first-order chi connectivity index (χ1) is 12.2. The van der Waals surface area contributed by atoms with Crippen molar-refractivity contribution < 1.29 is 9.47 Å². The van der Waals surface area contributed by atoms with Gasteiger partial charge in [0, 0.05) is 26.8 Å². The lowest BCUT2D eigenvalue weighted by atomic mass is 10.2. The number of pyridine rings is 1. The molecule has 132 valence electrons. The Bertz CT molecular complexity index is 761. The Labute approximate surface area is 148 Å². The number of fused-ring (bicyclic) bond motifs is 1. The van der Waals surface area contributed by atoms with E-state index >= 15 is 0 Å². The Balaban J connectivity index is 1.62. The molecule has 0 aliphatic carbocycles. The summed E-state index contributed by atoms with van der Waals surface area (Å²) in [6, 6.07) is 10.1. The molecule has 1 aromatic heterocycles. The van der Waals surface area contributed by atoms with Crippen molar-refractivity contribution in [2.24, 2.45) is 4.99 Å². The summed E-state index contributed by atoms with van der Waals surface area (Å²) < 4.78 is 11.2. The van der Waals surface area contributed by atoms with Crippen LogP contribution in [-0.2, 0) is 13.1 Å². The molecule has 1 aliphatic heterocycles. The highest BCUT2D eigenvalue weighted by molar-refractivity contribution is 5.79. The number of nitrogens with zero attached hydrogens (tertiary/aromatic N) is 3. The van der Waals surface area contributed by atoms with Crippen LogP contribution in [0, 0.1) is 6.92 Å². The minimum Gasteiger partial charge on any atom is -0.486 e. The minimum atomic E-state index is 0.596. The van der Waals surface area contributed by atoms with Gasteiger partial charge in [-0.25, -0.2) is 0 Å². The van der Waals surface area contributed by atoms with Crippen LogP contribution in [0.15, 0.2) is 41.5 Å². The molecule has 0 radical (unpaired) electrons. The van der Waals surface area contributed by atoms with Crippen molar-refractivity contribution in [2.45, 2.75) is 20.0 Å². The zero-order chi connectivity index (χ0) is 17.6. The third-order valence-electron chi connectivity index (χ3n) is 4.13. The molecule has 0 amide bonds. The van der Waals surface area contributed by atoms with Crippen LogP contribution in [0.25, 0.3) is 0 Å². The molecule has 6 heteroatoms. The number of nitrogens with one attached hydrogen (secondary N) is 1. The Morgan fingerprint density at radius 3 is 2.80 bits per heavy atom. The van der Waals surface area contributed by atoms with Gasteiger partial charge in [0.05, 0.1) is 12.2 Å². The van der Waals surface area contributed by atoms with E-state index in [-0.39, 0.29) is 0 Å². The van der Waals surface area contributed by atoms with Gasteiger partial charge in [-0.2, -0.15) is 0 Å². The van der Waals surface area contributed by atoms with Gasteiger partial charge >= 0.3 is 0 Å². The van der Waals surface area contributed by atoms with Crippen LogP contribution in [0.1, 0.15) is 16.8 Å². The van der Waals surface area contributed by atoms with Crippen molar-refractivity contribution in [1.82, 2.24) is 15.2 Å². The number of rotatable bonds is 4. The second kappa shape index (κ2) is 7.88. The van der Waals surface area contributed by atoms with Crippen LogP contribution in [0.4, 0.5) is 0 Å². The third kappa shape index (κ3) is 4.21. The highest BCUT2D eigenvalue weighted by Crippen LogP contribution is 2.31. The average Bonchev–Trinajstić information content (AvgIpc) is 2.63. The normalized spacial score (nSPS) is 13.5. The number of aromatic nitrogens is 1. The molecule has 1 aliphatic rings. The van der Waals surface area contributed by atoms with E-state index in [4.69, 9.17) is 9.47 Å². The Hall–Kier alpha value is -2.76. The molecule has 0 atom stereocenters. The molecule has 6 nitrogen and oxygen atoms in total. The minimum absolute atomic E-state index is 0.596. The van der Waals surface area contributed by atoms with Crippen LogP contribution >= 0.6 is 0 Å². The van der Waals surface area contributed by atoms with Gasteiger partial charge in [0.15, 0.2) is 17.5 Å². The highest BCUT2D eigenvalue weighted by Gasteiger charge is 2.13. The van der Waals surface area contributed by atoms with Gasteiger partial charge in [-0.1, -0.05) is 12.1 Å². The van der Waals surface area contributed by atoms with Crippen molar-refractivity contribution in [3.05, 3.63) is 53.3 Å². The maximum Gasteiger partial charge on any atom is 0.194 e. The lowest BCUT2D eigenvalue weighted by Gasteiger charge is -2.24. The molecule has 0 bridgehead atoms. The summed E-state index contributed by atoms with van der Waals surface area (Å²) in [6.07, 6.45) is 1.81. The van der Waals surface area contributed by atoms with Gasteiger partial charge in [-0.15, -0.1) is 0 Å². The summed E-state index contributed by atoms with van der Waals surface area (Å²) in [5.41, 5.74) is 3.33. The molecule has 0 unspecified atom stereocenters. The predicted octanol–water partition coefficient (Wildman–Crippen LogP) is 2.37. The van der Waals surface area contributed by atoms with Crippen molar-refractivity contribution >= 4 is 5.96 Å². The lowest BCUT2D eigenvalue weighted by molar-refractivity contribution is 0.171. The highest BCUT2D eigenvalue weighted by atomic mass is 16.6. The molecule has 1 N–H and O–H groups in total. The van der Waals surface area contributed by atoms with Crippen molar-refractivity contribution in [3.63, 3.8) is 0 Å².